The number of rotatable bonds is 8. The first-order chi connectivity index (χ1) is 16.6. The number of hydrogen-bond acceptors (Lipinski definition) is 16. The van der Waals surface area contributed by atoms with Gasteiger partial charge in [0.15, 0.2) is 12.6 Å². The second-order valence-corrected chi connectivity index (χ2v) is 9.83. The molecule has 0 saturated carbocycles. The summed E-state index contributed by atoms with van der Waals surface area (Å²) in [5.41, 5.74) is -1.29. The molecule has 0 amide bonds. The van der Waals surface area contributed by atoms with Gasteiger partial charge in [0.25, 0.3) is 0 Å². The fourth-order valence-electron chi connectivity index (χ4n) is 4.24. The van der Waals surface area contributed by atoms with Crippen molar-refractivity contribution in [2.45, 2.75) is 90.4 Å². The van der Waals surface area contributed by atoms with Crippen molar-refractivity contribution in [2.75, 3.05) is 26.9 Å². The maximum absolute atomic E-state index is 10.7. The van der Waals surface area contributed by atoms with Gasteiger partial charge in [-0.25, -0.2) is 0 Å². The summed E-state index contributed by atoms with van der Waals surface area (Å²) in [6.07, 6.45) is -19.5. The van der Waals surface area contributed by atoms with Crippen LogP contribution < -0.4 is 0 Å². The number of aliphatic hydroxyl groups excluding tert-OH is 10. The summed E-state index contributed by atoms with van der Waals surface area (Å²) in [6.45, 7) is -2.02. The lowest BCUT2D eigenvalue weighted by Crippen LogP contribution is -2.64. The zero-order chi connectivity index (χ0) is 26.0. The maximum atomic E-state index is 10.7. The zero-order valence-electron chi connectivity index (χ0n) is 18.7. The van der Waals surface area contributed by atoms with E-state index in [0.717, 1.165) is 11.8 Å². The van der Waals surface area contributed by atoms with Crippen molar-refractivity contribution in [1.82, 2.24) is 0 Å². The van der Waals surface area contributed by atoms with E-state index in [0.29, 0.717) is 0 Å². The molecule has 0 aliphatic carbocycles. The van der Waals surface area contributed by atoms with Gasteiger partial charge in [-0.2, -0.15) is 0 Å². The van der Waals surface area contributed by atoms with Crippen molar-refractivity contribution in [2.24, 2.45) is 0 Å². The molecule has 15 nitrogen and oxygen atoms in total. The van der Waals surface area contributed by atoms with Crippen LogP contribution in [0, 0.1) is 0 Å². The minimum atomic E-state index is -1.79. The quantitative estimate of drug-likeness (QED) is 0.139. The van der Waals surface area contributed by atoms with Crippen LogP contribution in [-0.2, 0) is 23.7 Å². The Morgan fingerprint density at radius 2 is 1.17 bits per heavy atom. The van der Waals surface area contributed by atoms with E-state index in [1.54, 1.807) is 0 Å². The summed E-state index contributed by atoms with van der Waals surface area (Å²) in [6, 6.07) is 0. The molecule has 0 aromatic carbocycles. The van der Waals surface area contributed by atoms with Crippen LogP contribution in [0.25, 0.3) is 0 Å². The third kappa shape index (κ3) is 5.93. The highest BCUT2D eigenvalue weighted by Gasteiger charge is 2.53. The van der Waals surface area contributed by atoms with Gasteiger partial charge in [-0.1, -0.05) is 0 Å². The summed E-state index contributed by atoms with van der Waals surface area (Å²) in [5.74, 6) is 0. The molecule has 3 aliphatic rings. The van der Waals surface area contributed by atoms with Crippen molar-refractivity contribution in [3.05, 3.63) is 0 Å². The fraction of sp³-hybridized carbons (Fsp3) is 1.00. The molecule has 0 aromatic heterocycles. The van der Waals surface area contributed by atoms with E-state index in [1.165, 1.54) is 7.11 Å². The molecule has 16 heteroatoms. The van der Waals surface area contributed by atoms with Gasteiger partial charge < -0.3 is 74.7 Å². The summed E-state index contributed by atoms with van der Waals surface area (Å²) in [4.78, 5) is 0. The summed E-state index contributed by atoms with van der Waals surface area (Å²) < 4.78 is 26.8. The molecule has 35 heavy (non-hydrogen) atoms. The average Bonchev–Trinajstić information content (AvgIpc) is 2.86. The van der Waals surface area contributed by atoms with E-state index in [2.05, 4.69) is 0 Å². The Morgan fingerprint density at radius 3 is 1.74 bits per heavy atom. The van der Waals surface area contributed by atoms with Gasteiger partial charge in [-0.15, -0.1) is 11.8 Å². The van der Waals surface area contributed by atoms with Gasteiger partial charge >= 0.3 is 0 Å². The lowest BCUT2D eigenvalue weighted by Gasteiger charge is -2.47. The van der Waals surface area contributed by atoms with Crippen molar-refractivity contribution in [1.29, 1.82) is 0 Å². The normalized spacial score (nSPS) is 51.3. The highest BCUT2D eigenvalue weighted by molar-refractivity contribution is 8.00. The summed E-state index contributed by atoms with van der Waals surface area (Å²) in [5, 5.41) is 99.9. The molecule has 3 saturated heterocycles. The van der Waals surface area contributed by atoms with Crippen LogP contribution >= 0.6 is 11.8 Å². The second-order valence-electron chi connectivity index (χ2n) is 8.55. The van der Waals surface area contributed by atoms with Gasteiger partial charge in [0.05, 0.1) is 37.3 Å². The number of ether oxygens (including phenoxy) is 5. The molecule has 15 atom stereocenters. The second kappa shape index (κ2) is 12.5. The van der Waals surface area contributed by atoms with Gasteiger partial charge in [-0.3, -0.25) is 0 Å². The number of methoxy groups -OCH3 is 1. The monoisotopic (exact) mass is 534 g/mol. The van der Waals surface area contributed by atoms with E-state index >= 15 is 0 Å². The van der Waals surface area contributed by atoms with E-state index in [-0.39, 0.29) is 0 Å². The van der Waals surface area contributed by atoms with E-state index in [9.17, 15) is 51.1 Å². The first-order valence-corrected chi connectivity index (χ1v) is 11.9. The lowest BCUT2D eigenvalue weighted by atomic mass is 9.97. The van der Waals surface area contributed by atoms with Gasteiger partial charge in [0.2, 0.25) is 0 Å². The summed E-state index contributed by atoms with van der Waals surface area (Å²) in [7, 11) is 1.24. The predicted octanol–water partition coefficient (Wildman–Crippen LogP) is -6.20. The Morgan fingerprint density at radius 1 is 0.600 bits per heavy atom. The predicted molar refractivity (Wildman–Crippen MR) is 113 cm³/mol. The smallest absolute Gasteiger partial charge is 0.187 e. The standard InChI is InChI=1S/C19H34O15S/c1-30-17-13(28)11(26)16(7(4-22)32-17)35-19-14(29)10(25)15(6(3-21)33-19)34-18-12(27)9(24)8(23)5(2-20)31-18/h5-29H,2-4H2,1H3/t5-,6-,7-,8-,9+,10-,11-,12-,13-,14-,15-,16-,17+,18+,19+/m1/s1. The molecule has 206 valence electrons. The van der Waals surface area contributed by atoms with Crippen LogP contribution in [0.4, 0.5) is 0 Å². The molecule has 10 N–H and O–H groups in total. The van der Waals surface area contributed by atoms with E-state index in [1.807, 2.05) is 0 Å². The third-order valence-corrected chi connectivity index (χ3v) is 7.86. The van der Waals surface area contributed by atoms with Gasteiger partial charge in [0, 0.05) is 7.11 Å². The topological polar surface area (TPSA) is 248 Å². The number of thioether (sulfide) groups is 1. The average molecular weight is 535 g/mol. The maximum Gasteiger partial charge on any atom is 0.187 e. The number of hydrogen-bond donors (Lipinski definition) is 10. The molecule has 0 unspecified atom stereocenters. The Bertz CT molecular complexity index is 656. The molecule has 3 fully saturated rings. The van der Waals surface area contributed by atoms with Crippen LogP contribution in [0.5, 0.6) is 0 Å². The van der Waals surface area contributed by atoms with Crippen LogP contribution in [-0.4, -0.2) is 168 Å². The molecule has 0 bridgehead atoms. The molecule has 3 heterocycles. The van der Waals surface area contributed by atoms with Crippen molar-refractivity contribution in [3.63, 3.8) is 0 Å². The summed E-state index contributed by atoms with van der Waals surface area (Å²) >= 11 is 0.747. The van der Waals surface area contributed by atoms with Crippen LogP contribution in [0.2, 0.25) is 0 Å². The lowest BCUT2D eigenvalue weighted by molar-refractivity contribution is -0.338. The molecular formula is C19H34O15S. The number of aliphatic hydroxyl groups is 10. The molecule has 0 radical (unpaired) electrons. The first kappa shape index (κ1) is 29.3. The van der Waals surface area contributed by atoms with Gasteiger partial charge in [0.1, 0.15) is 60.4 Å². The highest BCUT2D eigenvalue weighted by atomic mass is 32.2. The van der Waals surface area contributed by atoms with E-state index in [4.69, 9.17) is 23.7 Å². The zero-order valence-corrected chi connectivity index (χ0v) is 19.5. The first-order valence-electron chi connectivity index (χ1n) is 11.0. The Hall–Kier alpha value is -0.250. The SMILES string of the molecule is CO[C@H]1O[C@H](CO)[C@@H](S[C@@H]2O[C@H](CO)[C@@H](O[C@@H]3O[C@H](CO)[C@@H](O)[C@H](O)[C@H]3O)[C@H](O)[C@H]2O)[C@H](O)[C@H]1O. The molecule has 0 aromatic rings. The minimum absolute atomic E-state index is 0.570. The molecular weight excluding hydrogens is 500 g/mol. The molecule has 3 rings (SSSR count). The van der Waals surface area contributed by atoms with Crippen molar-refractivity contribution < 1.29 is 74.7 Å². The van der Waals surface area contributed by atoms with Crippen LogP contribution in [0.1, 0.15) is 0 Å². The Labute approximate surface area is 204 Å². The van der Waals surface area contributed by atoms with E-state index < -0.39 is 110 Å². The van der Waals surface area contributed by atoms with Gasteiger partial charge in [-0.05, 0) is 0 Å². The third-order valence-electron chi connectivity index (χ3n) is 6.30. The molecule has 0 spiro atoms. The largest absolute Gasteiger partial charge is 0.394 e. The fourth-order valence-corrected chi connectivity index (χ4v) is 5.72. The Kier molecular flexibility index (Phi) is 10.5. The Balaban J connectivity index is 1.72. The molecule has 3 aliphatic heterocycles. The highest BCUT2D eigenvalue weighted by Crippen LogP contribution is 2.39. The van der Waals surface area contributed by atoms with Crippen molar-refractivity contribution in [3.8, 4) is 0 Å². The minimum Gasteiger partial charge on any atom is -0.394 e. The van der Waals surface area contributed by atoms with Crippen LogP contribution in [0.3, 0.4) is 0 Å². The van der Waals surface area contributed by atoms with Crippen molar-refractivity contribution >= 4 is 11.8 Å². The van der Waals surface area contributed by atoms with Crippen LogP contribution in [0.15, 0.2) is 0 Å².